The van der Waals surface area contributed by atoms with E-state index in [4.69, 9.17) is 10.2 Å². The number of hydrogen-bond acceptors (Lipinski definition) is 4. The van der Waals surface area contributed by atoms with Crippen molar-refractivity contribution in [3.63, 3.8) is 0 Å². The standard InChI is InChI=1S/C8H14N2O4/c11-6(8(13)14)4-10-7(12)5-2-1-3-9-5/h5-6,9,11H,1-4H2,(H,10,12)(H,13,14)/t5-,6?/m1/s1. The fraction of sp³-hybridized carbons (Fsp3) is 0.750. The summed E-state index contributed by atoms with van der Waals surface area (Å²) in [4.78, 5) is 21.5. The lowest BCUT2D eigenvalue weighted by molar-refractivity contribution is -0.146. The van der Waals surface area contributed by atoms with Crippen LogP contribution in [0.2, 0.25) is 0 Å². The topological polar surface area (TPSA) is 98.7 Å². The highest BCUT2D eigenvalue weighted by atomic mass is 16.4. The first-order valence-electron chi connectivity index (χ1n) is 4.53. The quantitative estimate of drug-likeness (QED) is 0.435. The Morgan fingerprint density at radius 3 is 2.79 bits per heavy atom. The SMILES string of the molecule is O=C(O)C(O)CNC(=O)[C@H]1CCCN1. The zero-order valence-electron chi connectivity index (χ0n) is 7.69. The van der Waals surface area contributed by atoms with Gasteiger partial charge in [0.2, 0.25) is 5.91 Å². The molecule has 0 aromatic heterocycles. The maximum Gasteiger partial charge on any atom is 0.334 e. The van der Waals surface area contributed by atoms with Gasteiger partial charge >= 0.3 is 5.97 Å². The molecule has 4 N–H and O–H groups in total. The van der Waals surface area contributed by atoms with Crippen LogP contribution in [0, 0.1) is 0 Å². The number of aliphatic carboxylic acids is 1. The lowest BCUT2D eigenvalue weighted by atomic mass is 10.2. The molecule has 2 atom stereocenters. The summed E-state index contributed by atoms with van der Waals surface area (Å²) in [5, 5.41) is 22.6. The van der Waals surface area contributed by atoms with E-state index in [9.17, 15) is 9.59 Å². The number of amides is 1. The van der Waals surface area contributed by atoms with Crippen molar-refractivity contribution in [3.8, 4) is 0 Å². The Morgan fingerprint density at radius 1 is 1.57 bits per heavy atom. The molecule has 0 bridgehead atoms. The van der Waals surface area contributed by atoms with Crippen molar-refractivity contribution in [1.29, 1.82) is 0 Å². The number of rotatable bonds is 4. The van der Waals surface area contributed by atoms with Gasteiger partial charge in [0.1, 0.15) is 0 Å². The van der Waals surface area contributed by atoms with Crippen molar-refractivity contribution in [2.45, 2.75) is 25.0 Å². The summed E-state index contributed by atoms with van der Waals surface area (Å²) in [7, 11) is 0. The summed E-state index contributed by atoms with van der Waals surface area (Å²) >= 11 is 0. The number of aliphatic hydroxyl groups is 1. The molecule has 6 heteroatoms. The molecule has 1 saturated heterocycles. The van der Waals surface area contributed by atoms with Crippen LogP contribution in [0.4, 0.5) is 0 Å². The third-order valence-electron chi connectivity index (χ3n) is 2.13. The second kappa shape index (κ2) is 4.92. The van der Waals surface area contributed by atoms with Gasteiger partial charge in [0.15, 0.2) is 6.10 Å². The summed E-state index contributed by atoms with van der Waals surface area (Å²) < 4.78 is 0. The maximum atomic E-state index is 11.3. The third kappa shape index (κ3) is 2.97. The zero-order valence-corrected chi connectivity index (χ0v) is 7.69. The summed E-state index contributed by atoms with van der Waals surface area (Å²) in [6.45, 7) is 0.561. The molecule has 1 heterocycles. The number of carboxylic acids is 1. The smallest absolute Gasteiger partial charge is 0.334 e. The molecule has 80 valence electrons. The predicted molar refractivity (Wildman–Crippen MR) is 47.7 cm³/mol. The van der Waals surface area contributed by atoms with Gasteiger partial charge in [-0.25, -0.2) is 4.79 Å². The predicted octanol–water partition coefficient (Wildman–Crippen LogP) is -1.70. The Balaban J connectivity index is 2.23. The van der Waals surface area contributed by atoms with Crippen LogP contribution in [0.15, 0.2) is 0 Å². The minimum Gasteiger partial charge on any atom is -0.479 e. The summed E-state index contributed by atoms with van der Waals surface area (Å²) in [6.07, 6.45) is 0.175. The molecule has 0 aromatic rings. The monoisotopic (exact) mass is 202 g/mol. The van der Waals surface area contributed by atoms with Gasteiger partial charge in [-0.15, -0.1) is 0 Å². The highest BCUT2D eigenvalue weighted by Crippen LogP contribution is 2.04. The summed E-state index contributed by atoms with van der Waals surface area (Å²) in [5.41, 5.74) is 0. The fourth-order valence-corrected chi connectivity index (χ4v) is 1.32. The summed E-state index contributed by atoms with van der Waals surface area (Å²) in [5.74, 6) is -1.58. The molecule has 0 aromatic carbocycles. The Kier molecular flexibility index (Phi) is 3.84. The number of nitrogens with one attached hydrogen (secondary N) is 2. The van der Waals surface area contributed by atoms with E-state index in [2.05, 4.69) is 10.6 Å². The third-order valence-corrected chi connectivity index (χ3v) is 2.13. The highest BCUT2D eigenvalue weighted by Gasteiger charge is 2.23. The lowest BCUT2D eigenvalue weighted by Crippen LogP contribution is -2.44. The molecule has 1 rings (SSSR count). The van der Waals surface area contributed by atoms with Crippen LogP contribution in [0.1, 0.15) is 12.8 Å². The van der Waals surface area contributed by atoms with E-state index in [-0.39, 0.29) is 18.5 Å². The zero-order chi connectivity index (χ0) is 10.6. The molecular weight excluding hydrogens is 188 g/mol. The van der Waals surface area contributed by atoms with E-state index in [1.165, 1.54) is 0 Å². The van der Waals surface area contributed by atoms with Crippen LogP contribution in [0.5, 0.6) is 0 Å². The number of carbonyl (C=O) groups is 2. The number of hydrogen-bond donors (Lipinski definition) is 4. The first-order chi connectivity index (χ1) is 6.61. The molecule has 6 nitrogen and oxygen atoms in total. The lowest BCUT2D eigenvalue weighted by Gasteiger charge is -2.12. The Hall–Kier alpha value is -1.14. The van der Waals surface area contributed by atoms with Gasteiger partial charge < -0.3 is 20.8 Å². The Bertz CT molecular complexity index is 225. The van der Waals surface area contributed by atoms with Gasteiger partial charge in [0.05, 0.1) is 12.6 Å². The molecule has 0 spiro atoms. The normalized spacial score (nSPS) is 23.1. The van der Waals surface area contributed by atoms with Gasteiger partial charge in [-0.1, -0.05) is 0 Å². The molecule has 0 aliphatic carbocycles. The molecule has 1 fully saturated rings. The van der Waals surface area contributed by atoms with E-state index in [1.807, 2.05) is 0 Å². The second-order valence-corrected chi connectivity index (χ2v) is 3.25. The van der Waals surface area contributed by atoms with Crippen LogP contribution < -0.4 is 10.6 Å². The second-order valence-electron chi connectivity index (χ2n) is 3.25. The minimum atomic E-state index is -1.53. The van der Waals surface area contributed by atoms with Crippen molar-refractivity contribution >= 4 is 11.9 Å². The van der Waals surface area contributed by atoms with Gasteiger partial charge in [-0.05, 0) is 19.4 Å². The fourth-order valence-electron chi connectivity index (χ4n) is 1.32. The van der Waals surface area contributed by atoms with Gasteiger partial charge in [-0.2, -0.15) is 0 Å². The van der Waals surface area contributed by atoms with E-state index < -0.39 is 12.1 Å². The average molecular weight is 202 g/mol. The van der Waals surface area contributed by atoms with Crippen LogP contribution in [0.25, 0.3) is 0 Å². The molecule has 1 unspecified atom stereocenters. The Morgan fingerprint density at radius 2 is 2.29 bits per heavy atom. The number of aliphatic hydroxyl groups excluding tert-OH is 1. The summed E-state index contributed by atoms with van der Waals surface area (Å²) in [6, 6.07) is -0.240. The minimum absolute atomic E-state index is 0.240. The van der Waals surface area contributed by atoms with Crippen LogP contribution in [-0.4, -0.2) is 47.3 Å². The first kappa shape index (κ1) is 10.9. The Labute approximate surface area is 81.3 Å². The van der Waals surface area contributed by atoms with E-state index in [1.54, 1.807) is 0 Å². The van der Waals surface area contributed by atoms with Gasteiger partial charge in [0, 0.05) is 0 Å². The number of carboxylic acid groups (broad SMARTS) is 1. The average Bonchev–Trinajstić information content (AvgIpc) is 2.66. The molecule has 1 aliphatic heterocycles. The largest absolute Gasteiger partial charge is 0.479 e. The van der Waals surface area contributed by atoms with Crippen molar-refractivity contribution in [1.82, 2.24) is 10.6 Å². The molecule has 0 radical (unpaired) electrons. The first-order valence-corrected chi connectivity index (χ1v) is 4.53. The molecule has 1 aliphatic rings. The van der Waals surface area contributed by atoms with Crippen molar-refractivity contribution in [2.75, 3.05) is 13.1 Å². The molecule has 14 heavy (non-hydrogen) atoms. The van der Waals surface area contributed by atoms with Crippen LogP contribution in [-0.2, 0) is 9.59 Å². The van der Waals surface area contributed by atoms with Crippen LogP contribution >= 0.6 is 0 Å². The molecule has 1 amide bonds. The highest BCUT2D eigenvalue weighted by molar-refractivity contribution is 5.82. The van der Waals surface area contributed by atoms with Crippen LogP contribution in [0.3, 0.4) is 0 Å². The van der Waals surface area contributed by atoms with E-state index in [0.717, 1.165) is 19.4 Å². The van der Waals surface area contributed by atoms with Crippen molar-refractivity contribution in [3.05, 3.63) is 0 Å². The van der Waals surface area contributed by atoms with Crippen molar-refractivity contribution < 1.29 is 19.8 Å². The van der Waals surface area contributed by atoms with Crippen molar-refractivity contribution in [2.24, 2.45) is 0 Å². The molecule has 0 saturated carbocycles. The molecular formula is C8H14N2O4. The van der Waals surface area contributed by atoms with Gasteiger partial charge in [0.25, 0.3) is 0 Å². The van der Waals surface area contributed by atoms with Gasteiger partial charge in [-0.3, -0.25) is 4.79 Å². The van der Waals surface area contributed by atoms with E-state index in [0.29, 0.717) is 0 Å². The van der Waals surface area contributed by atoms with E-state index >= 15 is 0 Å². The maximum absolute atomic E-state index is 11.3. The number of carbonyl (C=O) groups excluding carboxylic acids is 1.